The van der Waals surface area contributed by atoms with Crippen molar-refractivity contribution >= 4 is 11.9 Å². The fourth-order valence-electron chi connectivity index (χ4n) is 5.01. The molecule has 28 heavy (non-hydrogen) atoms. The van der Waals surface area contributed by atoms with Gasteiger partial charge in [-0.05, 0) is 42.7 Å². The zero-order valence-corrected chi connectivity index (χ0v) is 18.2. The second-order valence-corrected chi connectivity index (χ2v) is 10.1. The topological polar surface area (TPSA) is 52.6 Å². The molecule has 1 aromatic rings. The zero-order valence-electron chi connectivity index (χ0n) is 18.2. The molecule has 0 aromatic carbocycles. The number of rotatable bonds is 6. The normalized spacial score (nSPS) is 22.9. The van der Waals surface area contributed by atoms with Gasteiger partial charge in [0.1, 0.15) is 0 Å². The summed E-state index contributed by atoms with van der Waals surface area (Å²) in [4.78, 5) is 28.3. The molecule has 0 unspecified atom stereocenters. The molecule has 0 saturated carbocycles. The molecule has 0 aliphatic carbocycles. The van der Waals surface area contributed by atoms with Gasteiger partial charge in [-0.1, -0.05) is 27.7 Å². The van der Waals surface area contributed by atoms with Gasteiger partial charge in [0.05, 0.1) is 0 Å². The predicted molar refractivity (Wildman–Crippen MR) is 113 cm³/mol. The summed E-state index contributed by atoms with van der Waals surface area (Å²) in [7, 11) is 0. The van der Waals surface area contributed by atoms with Crippen molar-refractivity contribution in [1.82, 2.24) is 19.8 Å². The number of carbonyl (C=O) groups is 1. The van der Waals surface area contributed by atoms with Crippen LogP contribution >= 0.6 is 0 Å². The van der Waals surface area contributed by atoms with E-state index in [0.717, 1.165) is 71.0 Å². The highest BCUT2D eigenvalue weighted by Gasteiger charge is 2.37. The third kappa shape index (κ3) is 5.90. The number of piperazine rings is 1. The molecule has 0 radical (unpaired) electrons. The van der Waals surface area contributed by atoms with Crippen molar-refractivity contribution in [3.63, 3.8) is 0 Å². The van der Waals surface area contributed by atoms with Crippen molar-refractivity contribution in [2.45, 2.75) is 53.4 Å². The van der Waals surface area contributed by atoms with Crippen LogP contribution in [0.5, 0.6) is 0 Å². The van der Waals surface area contributed by atoms with Gasteiger partial charge in [0.15, 0.2) is 0 Å². The van der Waals surface area contributed by atoms with Crippen molar-refractivity contribution in [2.75, 3.05) is 50.7 Å². The van der Waals surface area contributed by atoms with E-state index in [1.54, 1.807) is 12.4 Å². The van der Waals surface area contributed by atoms with Crippen LogP contribution in [0.2, 0.25) is 0 Å². The number of nitrogens with zero attached hydrogens (tertiary/aromatic N) is 5. The van der Waals surface area contributed by atoms with Crippen LogP contribution in [0.4, 0.5) is 5.95 Å². The highest BCUT2D eigenvalue weighted by Crippen LogP contribution is 2.40. The number of unbranched alkanes of at least 4 members (excludes halogenated alkanes) is 1. The summed E-state index contributed by atoms with van der Waals surface area (Å²) < 4.78 is 0. The van der Waals surface area contributed by atoms with E-state index >= 15 is 0 Å². The van der Waals surface area contributed by atoms with Crippen LogP contribution in [0.1, 0.15) is 53.4 Å². The van der Waals surface area contributed by atoms with Crippen molar-refractivity contribution in [3.8, 4) is 0 Å². The predicted octanol–water partition coefficient (Wildman–Crippen LogP) is 3.05. The molecule has 6 heteroatoms. The summed E-state index contributed by atoms with van der Waals surface area (Å²) in [6.45, 7) is 16.1. The molecule has 3 heterocycles. The molecule has 0 spiro atoms. The second kappa shape index (κ2) is 8.76. The molecule has 6 nitrogen and oxygen atoms in total. The molecule has 1 amide bonds. The summed E-state index contributed by atoms with van der Waals surface area (Å²) in [6.07, 6.45) is 7.64. The van der Waals surface area contributed by atoms with Crippen LogP contribution in [0.3, 0.4) is 0 Å². The van der Waals surface area contributed by atoms with E-state index in [2.05, 4.69) is 52.4 Å². The van der Waals surface area contributed by atoms with E-state index in [-0.39, 0.29) is 10.8 Å². The Balaban J connectivity index is 1.38. The number of likely N-dealkylation sites (tertiary alicyclic amines) is 1. The summed E-state index contributed by atoms with van der Waals surface area (Å²) in [6, 6.07) is 1.86. The number of hydrogen-bond acceptors (Lipinski definition) is 5. The highest BCUT2D eigenvalue weighted by atomic mass is 16.2. The van der Waals surface area contributed by atoms with E-state index in [4.69, 9.17) is 0 Å². The minimum absolute atomic E-state index is 0.109. The SMILES string of the molecule is CC1(C)CC(=O)N(CCCCN2CCN(c3ncccn3)CC2)CC(C)(C)C1. The van der Waals surface area contributed by atoms with Gasteiger partial charge in [0.2, 0.25) is 11.9 Å². The number of hydrogen-bond donors (Lipinski definition) is 0. The number of amides is 1. The minimum Gasteiger partial charge on any atom is -0.342 e. The zero-order chi connectivity index (χ0) is 20.2. The fourth-order valence-corrected chi connectivity index (χ4v) is 5.01. The molecule has 1 aromatic heterocycles. The summed E-state index contributed by atoms with van der Waals surface area (Å²) >= 11 is 0. The molecule has 156 valence electrons. The van der Waals surface area contributed by atoms with Gasteiger partial charge in [0, 0.05) is 58.1 Å². The van der Waals surface area contributed by atoms with Crippen molar-refractivity contribution in [3.05, 3.63) is 18.5 Å². The Morgan fingerprint density at radius 3 is 2.25 bits per heavy atom. The Morgan fingerprint density at radius 2 is 1.57 bits per heavy atom. The first-order valence-electron chi connectivity index (χ1n) is 10.8. The van der Waals surface area contributed by atoms with Gasteiger partial charge in [-0.25, -0.2) is 9.97 Å². The Labute approximate surface area is 170 Å². The van der Waals surface area contributed by atoms with E-state index < -0.39 is 0 Å². The molecule has 0 N–H and O–H groups in total. The van der Waals surface area contributed by atoms with E-state index in [1.165, 1.54) is 0 Å². The monoisotopic (exact) mass is 387 g/mol. The van der Waals surface area contributed by atoms with Crippen molar-refractivity contribution in [1.29, 1.82) is 0 Å². The lowest BCUT2D eigenvalue weighted by Crippen LogP contribution is -2.47. The highest BCUT2D eigenvalue weighted by molar-refractivity contribution is 5.77. The quantitative estimate of drug-likeness (QED) is 0.702. The van der Waals surface area contributed by atoms with E-state index in [9.17, 15) is 4.79 Å². The van der Waals surface area contributed by atoms with Crippen LogP contribution in [0, 0.1) is 10.8 Å². The summed E-state index contributed by atoms with van der Waals surface area (Å²) in [5, 5.41) is 0. The molecular weight excluding hydrogens is 350 g/mol. The molecule has 2 fully saturated rings. The molecule has 0 bridgehead atoms. The minimum atomic E-state index is 0.109. The van der Waals surface area contributed by atoms with Crippen molar-refractivity contribution in [2.24, 2.45) is 10.8 Å². The van der Waals surface area contributed by atoms with E-state index in [0.29, 0.717) is 12.3 Å². The van der Waals surface area contributed by atoms with Gasteiger partial charge in [-0.3, -0.25) is 9.69 Å². The van der Waals surface area contributed by atoms with Crippen LogP contribution in [-0.4, -0.2) is 71.5 Å². The first kappa shape index (κ1) is 21.0. The lowest BCUT2D eigenvalue weighted by atomic mass is 9.74. The van der Waals surface area contributed by atoms with Crippen LogP contribution < -0.4 is 4.90 Å². The maximum absolute atomic E-state index is 12.7. The Bertz CT molecular complexity index is 638. The van der Waals surface area contributed by atoms with Gasteiger partial charge < -0.3 is 9.80 Å². The van der Waals surface area contributed by atoms with Gasteiger partial charge in [-0.15, -0.1) is 0 Å². The van der Waals surface area contributed by atoms with Gasteiger partial charge in [-0.2, -0.15) is 0 Å². The van der Waals surface area contributed by atoms with Crippen LogP contribution in [0.15, 0.2) is 18.5 Å². The Hall–Kier alpha value is -1.69. The van der Waals surface area contributed by atoms with Crippen LogP contribution in [-0.2, 0) is 4.79 Å². The fraction of sp³-hybridized carbons (Fsp3) is 0.773. The van der Waals surface area contributed by atoms with Crippen LogP contribution in [0.25, 0.3) is 0 Å². The first-order chi connectivity index (χ1) is 13.2. The standard InChI is InChI=1S/C22H37N5O/c1-21(2)16-19(28)27(18-22(3,4)17-21)11-6-5-10-25-12-14-26(15-13-25)20-23-8-7-9-24-20/h7-9H,5-6,10-18H2,1-4H3. The van der Waals surface area contributed by atoms with Gasteiger partial charge >= 0.3 is 0 Å². The summed E-state index contributed by atoms with van der Waals surface area (Å²) in [5.74, 6) is 1.18. The molecule has 2 aliphatic heterocycles. The average Bonchev–Trinajstić information content (AvgIpc) is 2.71. The summed E-state index contributed by atoms with van der Waals surface area (Å²) in [5.41, 5.74) is 0.309. The molecular formula is C22H37N5O. The Kier molecular flexibility index (Phi) is 6.58. The second-order valence-electron chi connectivity index (χ2n) is 10.1. The molecule has 2 aliphatic rings. The lowest BCUT2D eigenvalue weighted by Gasteiger charge is -2.35. The average molecular weight is 388 g/mol. The molecule has 0 atom stereocenters. The van der Waals surface area contributed by atoms with E-state index in [1.807, 2.05) is 6.07 Å². The largest absolute Gasteiger partial charge is 0.342 e. The maximum atomic E-state index is 12.7. The lowest BCUT2D eigenvalue weighted by molar-refractivity contribution is -0.132. The van der Waals surface area contributed by atoms with Gasteiger partial charge in [0.25, 0.3) is 0 Å². The smallest absolute Gasteiger partial charge is 0.225 e. The third-order valence-electron chi connectivity index (χ3n) is 5.92. The third-order valence-corrected chi connectivity index (χ3v) is 5.92. The number of anilines is 1. The number of carbonyl (C=O) groups excluding carboxylic acids is 1. The maximum Gasteiger partial charge on any atom is 0.225 e. The molecule has 3 rings (SSSR count). The molecule has 2 saturated heterocycles. The number of aromatic nitrogens is 2. The van der Waals surface area contributed by atoms with Crippen molar-refractivity contribution < 1.29 is 4.79 Å². The first-order valence-corrected chi connectivity index (χ1v) is 10.8. The Morgan fingerprint density at radius 1 is 0.929 bits per heavy atom.